The summed E-state index contributed by atoms with van der Waals surface area (Å²) >= 11 is 0. The van der Waals surface area contributed by atoms with Gasteiger partial charge in [-0.1, -0.05) is 34.6 Å². The average Bonchev–Trinajstić information content (AvgIpc) is 3.21. The number of oxime groups is 1. The molecule has 0 unspecified atom stereocenters. The minimum absolute atomic E-state index is 0.190. The van der Waals surface area contributed by atoms with Gasteiger partial charge in [0, 0.05) is 13.0 Å². The summed E-state index contributed by atoms with van der Waals surface area (Å²) in [6.45, 7) is 1.06. The van der Waals surface area contributed by atoms with Crippen LogP contribution in [0, 0.1) is 0 Å². The highest BCUT2D eigenvalue weighted by atomic mass is 16.4. The van der Waals surface area contributed by atoms with Crippen LogP contribution in [0.4, 0.5) is 0 Å². The standard InChI is InChI=1S/C17H17N7O/c18-16(21-25)9-10-23-14-7-3-1-5-12(14)19-17(23)11-24-15-8-4-2-6-13(15)20-22-24/h1-8,25H,9-11H2,(H2,18,21). The maximum Gasteiger partial charge on any atom is 0.140 e. The molecule has 2 heterocycles. The maximum atomic E-state index is 8.79. The molecule has 2 aromatic heterocycles. The molecule has 4 rings (SSSR count). The first-order valence-electron chi connectivity index (χ1n) is 7.95. The Morgan fingerprint density at radius 2 is 1.76 bits per heavy atom. The molecule has 3 N–H and O–H groups in total. The van der Waals surface area contributed by atoms with Crippen LogP contribution in [0.3, 0.4) is 0 Å². The summed E-state index contributed by atoms with van der Waals surface area (Å²) in [5, 5.41) is 20.3. The Hall–Kier alpha value is -3.42. The highest BCUT2D eigenvalue weighted by Gasteiger charge is 2.13. The molecule has 8 nitrogen and oxygen atoms in total. The lowest BCUT2D eigenvalue weighted by molar-refractivity contribution is 0.316. The van der Waals surface area contributed by atoms with Crippen molar-refractivity contribution in [3.05, 3.63) is 54.4 Å². The molecule has 0 saturated heterocycles. The number of aromatic nitrogens is 5. The van der Waals surface area contributed by atoms with Gasteiger partial charge in [0.05, 0.1) is 16.6 Å². The minimum atomic E-state index is 0.190. The van der Waals surface area contributed by atoms with E-state index in [1.807, 2.05) is 53.2 Å². The van der Waals surface area contributed by atoms with Crippen LogP contribution in [0.2, 0.25) is 0 Å². The molecule has 2 aromatic carbocycles. The molecule has 4 aromatic rings. The molecular formula is C17H17N7O. The van der Waals surface area contributed by atoms with E-state index in [0.29, 0.717) is 19.5 Å². The molecule has 0 spiro atoms. The van der Waals surface area contributed by atoms with Crippen LogP contribution in [0.15, 0.2) is 53.7 Å². The number of fused-ring (bicyclic) bond motifs is 2. The molecule has 25 heavy (non-hydrogen) atoms. The largest absolute Gasteiger partial charge is 0.409 e. The Labute approximate surface area is 143 Å². The van der Waals surface area contributed by atoms with Crippen LogP contribution in [0.25, 0.3) is 22.1 Å². The van der Waals surface area contributed by atoms with E-state index in [0.717, 1.165) is 27.9 Å². The maximum absolute atomic E-state index is 8.79. The second-order valence-electron chi connectivity index (χ2n) is 5.75. The molecule has 0 radical (unpaired) electrons. The Kier molecular flexibility index (Phi) is 3.77. The first kappa shape index (κ1) is 15.1. The predicted octanol–water partition coefficient (Wildman–Crippen LogP) is 1.97. The zero-order valence-electron chi connectivity index (χ0n) is 13.4. The number of imidazole rings is 1. The monoisotopic (exact) mass is 335 g/mol. The van der Waals surface area contributed by atoms with Gasteiger partial charge in [-0.2, -0.15) is 0 Å². The molecule has 0 aliphatic heterocycles. The van der Waals surface area contributed by atoms with Crippen molar-refractivity contribution in [3.8, 4) is 0 Å². The summed E-state index contributed by atoms with van der Waals surface area (Å²) in [6, 6.07) is 15.7. The summed E-state index contributed by atoms with van der Waals surface area (Å²) in [4.78, 5) is 4.73. The van der Waals surface area contributed by atoms with Gasteiger partial charge in [-0.05, 0) is 24.3 Å². The highest BCUT2D eigenvalue weighted by Crippen LogP contribution is 2.19. The van der Waals surface area contributed by atoms with Gasteiger partial charge in [-0.15, -0.1) is 5.10 Å². The predicted molar refractivity (Wildman–Crippen MR) is 94.4 cm³/mol. The van der Waals surface area contributed by atoms with Crippen LogP contribution in [0.5, 0.6) is 0 Å². The van der Waals surface area contributed by atoms with Gasteiger partial charge in [0.2, 0.25) is 0 Å². The van der Waals surface area contributed by atoms with Crippen molar-refractivity contribution in [2.24, 2.45) is 10.9 Å². The normalized spacial score (nSPS) is 12.2. The average molecular weight is 335 g/mol. The second-order valence-corrected chi connectivity index (χ2v) is 5.75. The molecule has 0 aliphatic carbocycles. The number of hydrogen-bond donors (Lipinski definition) is 2. The number of benzene rings is 2. The van der Waals surface area contributed by atoms with Gasteiger partial charge >= 0.3 is 0 Å². The molecule has 0 fully saturated rings. The zero-order chi connectivity index (χ0) is 17.2. The third-order valence-corrected chi connectivity index (χ3v) is 4.17. The van der Waals surface area contributed by atoms with E-state index in [9.17, 15) is 0 Å². The van der Waals surface area contributed by atoms with E-state index in [1.165, 1.54) is 0 Å². The minimum Gasteiger partial charge on any atom is -0.409 e. The van der Waals surface area contributed by atoms with E-state index >= 15 is 0 Å². The number of nitrogens with two attached hydrogens (primary N) is 1. The summed E-state index contributed by atoms with van der Waals surface area (Å²) in [5.41, 5.74) is 9.35. The Morgan fingerprint density at radius 3 is 2.56 bits per heavy atom. The second kappa shape index (κ2) is 6.23. The van der Waals surface area contributed by atoms with Crippen LogP contribution in [0.1, 0.15) is 12.2 Å². The van der Waals surface area contributed by atoms with Crippen LogP contribution in [-0.2, 0) is 13.1 Å². The Bertz CT molecular complexity index is 1060. The molecule has 8 heteroatoms. The van der Waals surface area contributed by atoms with E-state index in [-0.39, 0.29) is 5.84 Å². The first-order chi connectivity index (χ1) is 12.3. The smallest absolute Gasteiger partial charge is 0.140 e. The lowest BCUT2D eigenvalue weighted by Gasteiger charge is -2.09. The summed E-state index contributed by atoms with van der Waals surface area (Å²) in [5.74, 6) is 1.04. The summed E-state index contributed by atoms with van der Waals surface area (Å²) in [7, 11) is 0. The SMILES string of the molecule is N/C(CCn1c(Cn2nnc3ccccc32)nc2ccccc21)=N\O. The van der Waals surface area contributed by atoms with Gasteiger partial charge < -0.3 is 15.5 Å². The lowest BCUT2D eigenvalue weighted by atomic mass is 10.3. The highest BCUT2D eigenvalue weighted by molar-refractivity contribution is 5.80. The summed E-state index contributed by atoms with van der Waals surface area (Å²) < 4.78 is 3.90. The topological polar surface area (TPSA) is 107 Å². The van der Waals surface area contributed by atoms with Crippen LogP contribution < -0.4 is 5.73 Å². The Morgan fingerprint density at radius 1 is 1.04 bits per heavy atom. The number of aryl methyl sites for hydroxylation is 1. The molecule has 0 saturated carbocycles. The van der Waals surface area contributed by atoms with Gasteiger partial charge in [0.25, 0.3) is 0 Å². The molecular weight excluding hydrogens is 318 g/mol. The van der Waals surface area contributed by atoms with E-state index in [2.05, 4.69) is 20.0 Å². The fourth-order valence-corrected chi connectivity index (χ4v) is 2.94. The Balaban J connectivity index is 1.75. The van der Waals surface area contributed by atoms with Crippen molar-refractivity contribution in [2.75, 3.05) is 0 Å². The number of nitrogens with zero attached hydrogens (tertiary/aromatic N) is 6. The van der Waals surface area contributed by atoms with Gasteiger partial charge in [0.1, 0.15) is 23.7 Å². The van der Waals surface area contributed by atoms with Crippen molar-refractivity contribution in [3.63, 3.8) is 0 Å². The van der Waals surface area contributed by atoms with Crippen LogP contribution >= 0.6 is 0 Å². The number of para-hydroxylation sites is 3. The first-order valence-corrected chi connectivity index (χ1v) is 7.95. The number of hydrogen-bond acceptors (Lipinski definition) is 5. The third-order valence-electron chi connectivity index (χ3n) is 4.17. The van der Waals surface area contributed by atoms with Gasteiger partial charge in [-0.3, -0.25) is 0 Å². The lowest BCUT2D eigenvalue weighted by Crippen LogP contribution is -2.17. The van der Waals surface area contributed by atoms with Crippen LogP contribution in [-0.4, -0.2) is 35.6 Å². The van der Waals surface area contributed by atoms with Gasteiger partial charge in [0.15, 0.2) is 0 Å². The molecule has 0 amide bonds. The summed E-state index contributed by atoms with van der Waals surface area (Å²) in [6.07, 6.45) is 0.432. The molecule has 0 bridgehead atoms. The van der Waals surface area contributed by atoms with E-state index in [4.69, 9.17) is 15.9 Å². The number of amidine groups is 1. The fourth-order valence-electron chi connectivity index (χ4n) is 2.94. The third kappa shape index (κ3) is 2.78. The quantitative estimate of drug-likeness (QED) is 0.251. The van der Waals surface area contributed by atoms with Crippen molar-refractivity contribution in [2.45, 2.75) is 19.5 Å². The molecule has 0 aliphatic rings. The zero-order valence-corrected chi connectivity index (χ0v) is 13.4. The van der Waals surface area contributed by atoms with Crippen molar-refractivity contribution < 1.29 is 5.21 Å². The van der Waals surface area contributed by atoms with Gasteiger partial charge in [-0.25, -0.2) is 9.67 Å². The fraction of sp³-hybridized carbons (Fsp3) is 0.176. The molecule has 0 atom stereocenters. The molecule has 126 valence electrons. The van der Waals surface area contributed by atoms with E-state index in [1.54, 1.807) is 0 Å². The number of rotatable bonds is 5. The van der Waals surface area contributed by atoms with Crippen molar-refractivity contribution in [1.29, 1.82) is 0 Å². The van der Waals surface area contributed by atoms with Crippen molar-refractivity contribution in [1.82, 2.24) is 24.5 Å². The van der Waals surface area contributed by atoms with E-state index < -0.39 is 0 Å². The van der Waals surface area contributed by atoms with Crippen molar-refractivity contribution >= 4 is 27.9 Å².